The Labute approximate surface area is 136 Å². The van der Waals surface area contributed by atoms with E-state index in [2.05, 4.69) is 15.3 Å². The molecule has 6 nitrogen and oxygen atoms in total. The number of nitrogens with two attached hydrogens (primary N) is 1. The van der Waals surface area contributed by atoms with Crippen LogP contribution < -0.4 is 20.5 Å². The Kier molecular flexibility index (Phi) is 5.41. The van der Waals surface area contributed by atoms with Gasteiger partial charge in [0.15, 0.2) is 5.96 Å². The number of anilines is 1. The van der Waals surface area contributed by atoms with Crippen molar-refractivity contribution in [2.45, 2.75) is 20.4 Å². The van der Waals surface area contributed by atoms with Gasteiger partial charge in [-0.3, -0.25) is 4.98 Å². The number of nitrogens with zero attached hydrogens (tertiary/aromatic N) is 2. The van der Waals surface area contributed by atoms with Gasteiger partial charge in [-0.25, -0.2) is 4.99 Å². The van der Waals surface area contributed by atoms with Gasteiger partial charge >= 0.3 is 0 Å². The molecular formula is C17H22N4O2. The predicted molar refractivity (Wildman–Crippen MR) is 92.2 cm³/mol. The molecule has 1 aromatic heterocycles. The summed E-state index contributed by atoms with van der Waals surface area (Å²) in [7, 11) is 3.26. The molecule has 0 aliphatic carbocycles. The summed E-state index contributed by atoms with van der Waals surface area (Å²) in [5.41, 5.74) is 9.52. The van der Waals surface area contributed by atoms with Crippen LogP contribution in [0.15, 0.2) is 35.5 Å². The van der Waals surface area contributed by atoms with Crippen LogP contribution in [0, 0.1) is 13.8 Å². The lowest BCUT2D eigenvalue weighted by Gasteiger charge is -2.12. The molecule has 1 heterocycles. The number of rotatable bonds is 5. The summed E-state index contributed by atoms with van der Waals surface area (Å²) < 4.78 is 10.7. The van der Waals surface area contributed by atoms with Gasteiger partial charge in [-0.1, -0.05) is 12.1 Å². The largest absolute Gasteiger partial charge is 0.496 e. The molecule has 3 N–H and O–H groups in total. The number of hydrogen-bond acceptors (Lipinski definition) is 4. The first-order valence-electron chi connectivity index (χ1n) is 7.25. The van der Waals surface area contributed by atoms with E-state index in [0.29, 0.717) is 18.3 Å². The molecule has 0 spiro atoms. The zero-order chi connectivity index (χ0) is 16.8. The van der Waals surface area contributed by atoms with Gasteiger partial charge in [-0.05, 0) is 26.0 Å². The quantitative estimate of drug-likeness (QED) is 0.655. The minimum absolute atomic E-state index is 0.301. The van der Waals surface area contributed by atoms with Crippen LogP contribution in [0.1, 0.15) is 16.8 Å². The Morgan fingerprint density at radius 1 is 1.22 bits per heavy atom. The summed E-state index contributed by atoms with van der Waals surface area (Å²) in [6, 6.07) is 7.52. The number of nitrogens with one attached hydrogen (secondary N) is 1. The Morgan fingerprint density at radius 2 is 1.96 bits per heavy atom. The second kappa shape index (κ2) is 7.49. The number of hydrogen-bond donors (Lipinski definition) is 2. The summed E-state index contributed by atoms with van der Waals surface area (Å²) in [6.45, 7) is 4.30. The summed E-state index contributed by atoms with van der Waals surface area (Å²) in [4.78, 5) is 8.74. The molecule has 2 aromatic rings. The topological polar surface area (TPSA) is 81.8 Å². The smallest absolute Gasteiger partial charge is 0.193 e. The van der Waals surface area contributed by atoms with E-state index in [1.54, 1.807) is 20.4 Å². The van der Waals surface area contributed by atoms with Crippen molar-refractivity contribution in [2.24, 2.45) is 10.7 Å². The number of aryl methyl sites for hydroxylation is 1. The monoisotopic (exact) mass is 314 g/mol. The second-order valence-electron chi connectivity index (χ2n) is 5.07. The molecular weight excluding hydrogens is 292 g/mol. The summed E-state index contributed by atoms with van der Waals surface area (Å²) in [5, 5.41) is 3.03. The van der Waals surface area contributed by atoms with Crippen molar-refractivity contribution in [3.63, 3.8) is 0 Å². The molecule has 0 aliphatic rings. The Hall–Kier alpha value is -2.76. The number of methoxy groups -OCH3 is 2. The lowest BCUT2D eigenvalue weighted by molar-refractivity contribution is 0.407. The van der Waals surface area contributed by atoms with Crippen molar-refractivity contribution in [3.05, 3.63) is 47.3 Å². The van der Waals surface area contributed by atoms with Crippen LogP contribution in [0.25, 0.3) is 0 Å². The third kappa shape index (κ3) is 3.91. The number of guanidine groups is 1. The van der Waals surface area contributed by atoms with Crippen LogP contribution in [0.5, 0.6) is 11.5 Å². The van der Waals surface area contributed by atoms with Crippen LogP contribution >= 0.6 is 0 Å². The van der Waals surface area contributed by atoms with Crippen molar-refractivity contribution in [3.8, 4) is 11.5 Å². The van der Waals surface area contributed by atoms with E-state index in [-0.39, 0.29) is 0 Å². The van der Waals surface area contributed by atoms with Crippen LogP contribution in [0.2, 0.25) is 0 Å². The number of benzene rings is 1. The molecule has 1 aromatic carbocycles. The minimum atomic E-state index is 0.301. The van der Waals surface area contributed by atoms with E-state index in [1.165, 1.54) is 0 Å². The van der Waals surface area contributed by atoms with Crippen molar-refractivity contribution in [1.82, 2.24) is 4.98 Å². The molecule has 0 bridgehead atoms. The molecule has 2 rings (SSSR count). The fraction of sp³-hybridized carbons (Fsp3) is 0.294. The van der Waals surface area contributed by atoms with Gasteiger partial charge in [0.1, 0.15) is 11.5 Å². The first kappa shape index (κ1) is 16.6. The molecule has 23 heavy (non-hydrogen) atoms. The molecule has 0 aliphatic heterocycles. The maximum Gasteiger partial charge on any atom is 0.193 e. The number of aliphatic imine (C=N–C) groups is 1. The first-order valence-corrected chi connectivity index (χ1v) is 7.25. The number of ether oxygens (including phenoxy) is 2. The van der Waals surface area contributed by atoms with E-state index in [1.807, 2.05) is 38.1 Å². The zero-order valence-corrected chi connectivity index (χ0v) is 13.9. The number of para-hydroxylation sites is 2. The summed E-state index contributed by atoms with van der Waals surface area (Å²) >= 11 is 0. The number of aromatic nitrogens is 1. The molecule has 0 atom stereocenters. The molecule has 122 valence electrons. The van der Waals surface area contributed by atoms with Crippen molar-refractivity contribution >= 4 is 11.6 Å². The fourth-order valence-electron chi connectivity index (χ4n) is 2.32. The Balaban J connectivity index is 2.14. The Bertz CT molecular complexity index is 714. The highest BCUT2D eigenvalue weighted by Gasteiger charge is 2.09. The normalized spacial score (nSPS) is 11.2. The van der Waals surface area contributed by atoms with Crippen LogP contribution in [-0.2, 0) is 6.54 Å². The van der Waals surface area contributed by atoms with Crippen LogP contribution in [0.4, 0.5) is 5.69 Å². The summed E-state index contributed by atoms with van der Waals surface area (Å²) in [5.74, 6) is 1.84. The van der Waals surface area contributed by atoms with Crippen LogP contribution in [-0.4, -0.2) is 25.2 Å². The highest BCUT2D eigenvalue weighted by atomic mass is 16.5. The van der Waals surface area contributed by atoms with Crippen molar-refractivity contribution in [1.29, 1.82) is 0 Å². The standard InChI is InChI=1S/C17H22N4O2/c1-11-9-19-14(12(2)16(11)23-4)10-20-17(18)21-13-7-5-6-8-15(13)22-3/h5-9H,10H2,1-4H3,(H3,18,20,21). The minimum Gasteiger partial charge on any atom is -0.496 e. The van der Waals surface area contributed by atoms with Crippen molar-refractivity contribution in [2.75, 3.05) is 19.5 Å². The average Bonchev–Trinajstić information content (AvgIpc) is 2.55. The van der Waals surface area contributed by atoms with E-state index < -0.39 is 0 Å². The third-order valence-electron chi connectivity index (χ3n) is 3.52. The van der Waals surface area contributed by atoms with Gasteiger partial charge in [0.25, 0.3) is 0 Å². The second-order valence-corrected chi connectivity index (χ2v) is 5.07. The highest BCUT2D eigenvalue weighted by Crippen LogP contribution is 2.25. The first-order chi connectivity index (χ1) is 11.1. The molecule has 0 amide bonds. The average molecular weight is 314 g/mol. The maximum atomic E-state index is 5.95. The van der Waals surface area contributed by atoms with E-state index in [0.717, 1.165) is 28.3 Å². The maximum absolute atomic E-state index is 5.95. The van der Waals surface area contributed by atoms with Gasteiger partial charge in [-0.15, -0.1) is 0 Å². The molecule has 0 fully saturated rings. The van der Waals surface area contributed by atoms with E-state index in [4.69, 9.17) is 15.2 Å². The predicted octanol–water partition coefficient (Wildman–Crippen LogP) is 2.64. The highest BCUT2D eigenvalue weighted by molar-refractivity contribution is 5.93. The third-order valence-corrected chi connectivity index (χ3v) is 3.52. The molecule has 0 radical (unpaired) electrons. The number of pyridine rings is 1. The molecule has 0 unspecified atom stereocenters. The molecule has 6 heteroatoms. The lowest BCUT2D eigenvalue weighted by Crippen LogP contribution is -2.23. The SMILES string of the molecule is COc1ccccc1NC(N)=NCc1ncc(C)c(OC)c1C. The molecule has 0 saturated heterocycles. The van der Waals surface area contributed by atoms with E-state index >= 15 is 0 Å². The lowest BCUT2D eigenvalue weighted by atomic mass is 10.1. The summed E-state index contributed by atoms with van der Waals surface area (Å²) in [6.07, 6.45) is 1.78. The van der Waals surface area contributed by atoms with Crippen LogP contribution in [0.3, 0.4) is 0 Å². The van der Waals surface area contributed by atoms with Gasteiger partial charge < -0.3 is 20.5 Å². The van der Waals surface area contributed by atoms with Crippen molar-refractivity contribution < 1.29 is 9.47 Å². The van der Waals surface area contributed by atoms with Gasteiger partial charge in [0.05, 0.1) is 32.1 Å². The zero-order valence-electron chi connectivity index (χ0n) is 13.9. The Morgan fingerprint density at radius 3 is 2.65 bits per heavy atom. The molecule has 0 saturated carbocycles. The van der Waals surface area contributed by atoms with Gasteiger partial charge in [-0.2, -0.15) is 0 Å². The van der Waals surface area contributed by atoms with E-state index in [9.17, 15) is 0 Å². The van der Waals surface area contributed by atoms with Gasteiger partial charge in [0.2, 0.25) is 0 Å². The van der Waals surface area contributed by atoms with Gasteiger partial charge in [0, 0.05) is 17.3 Å². The fourth-order valence-corrected chi connectivity index (χ4v) is 2.32.